The lowest BCUT2D eigenvalue weighted by atomic mass is 9.79. The minimum Gasteiger partial charge on any atom is -0.508 e. The summed E-state index contributed by atoms with van der Waals surface area (Å²) in [6, 6.07) is 20.9. The van der Waals surface area contributed by atoms with Crippen LogP contribution in [0.5, 0.6) is 17.2 Å². The van der Waals surface area contributed by atoms with Crippen LogP contribution in [0.25, 0.3) is 0 Å². The van der Waals surface area contributed by atoms with E-state index >= 15 is 0 Å². The summed E-state index contributed by atoms with van der Waals surface area (Å²) in [6.45, 7) is 5.13. The summed E-state index contributed by atoms with van der Waals surface area (Å²) in [5, 5.41) is 13.6. The topological polar surface area (TPSA) is 54.0 Å². The van der Waals surface area contributed by atoms with Crippen molar-refractivity contribution in [1.29, 1.82) is 0 Å². The maximum Gasteiger partial charge on any atom is 0.120 e. The number of rotatable bonds is 11. The van der Waals surface area contributed by atoms with E-state index in [0.717, 1.165) is 63.3 Å². The molecule has 5 nitrogen and oxygen atoms in total. The molecule has 1 aliphatic carbocycles. The molecule has 40 heavy (non-hydrogen) atoms. The van der Waals surface area contributed by atoms with Gasteiger partial charge >= 0.3 is 0 Å². The Morgan fingerprint density at radius 3 is 2.45 bits per heavy atom. The van der Waals surface area contributed by atoms with Crippen LogP contribution < -0.4 is 14.8 Å². The molecule has 3 aromatic rings. The molecule has 2 aliphatic rings. The molecular formula is C35H46N2O3. The second kappa shape index (κ2) is 14.5. The molecule has 0 spiro atoms. The van der Waals surface area contributed by atoms with Crippen LogP contribution in [0.15, 0.2) is 60.7 Å². The van der Waals surface area contributed by atoms with Gasteiger partial charge in [-0.3, -0.25) is 4.90 Å². The molecule has 214 valence electrons. The van der Waals surface area contributed by atoms with Gasteiger partial charge in [-0.1, -0.05) is 43.5 Å². The highest BCUT2D eigenvalue weighted by molar-refractivity contribution is 5.57. The zero-order chi connectivity index (χ0) is 27.6. The summed E-state index contributed by atoms with van der Waals surface area (Å²) in [6.07, 6.45) is 12.0. The summed E-state index contributed by atoms with van der Waals surface area (Å²) in [7, 11) is 1.73. The number of nitrogens with one attached hydrogen (secondary N) is 1. The van der Waals surface area contributed by atoms with E-state index in [1.165, 1.54) is 73.1 Å². The summed E-state index contributed by atoms with van der Waals surface area (Å²) >= 11 is 0. The van der Waals surface area contributed by atoms with Crippen LogP contribution >= 0.6 is 0 Å². The van der Waals surface area contributed by atoms with Crippen molar-refractivity contribution in [2.75, 3.05) is 45.2 Å². The van der Waals surface area contributed by atoms with Crippen LogP contribution in [0.1, 0.15) is 73.1 Å². The standard InChI is InChI=1S/C35H46N2O3/c1-39-33-17-18-34(30-12-11-29-25-31(38)14-13-28(29)24-30)35(26-33)36-19-7-8-27-9-15-32(16-10-27)40-23-22-37-20-5-3-2-4-6-21-37/h9-10,13-18,25-26,30,36,38H,2-8,11-12,19-24H2,1H3. The lowest BCUT2D eigenvalue weighted by Crippen LogP contribution is -2.31. The number of anilines is 1. The van der Waals surface area contributed by atoms with E-state index in [-0.39, 0.29) is 0 Å². The molecule has 1 atom stereocenters. The molecule has 0 saturated carbocycles. The third kappa shape index (κ3) is 7.94. The zero-order valence-corrected chi connectivity index (χ0v) is 24.2. The first kappa shape index (κ1) is 28.4. The Labute approximate surface area is 240 Å². The first-order chi connectivity index (χ1) is 19.7. The monoisotopic (exact) mass is 542 g/mol. The summed E-state index contributed by atoms with van der Waals surface area (Å²) in [5.41, 5.74) is 6.51. The fraction of sp³-hybridized carbons (Fsp3) is 0.486. The van der Waals surface area contributed by atoms with Crippen molar-refractivity contribution in [1.82, 2.24) is 4.90 Å². The third-order valence-electron chi connectivity index (χ3n) is 8.62. The van der Waals surface area contributed by atoms with Crippen LogP contribution in [-0.4, -0.2) is 49.9 Å². The predicted molar refractivity (Wildman–Crippen MR) is 164 cm³/mol. The van der Waals surface area contributed by atoms with Crippen LogP contribution in [-0.2, 0) is 19.3 Å². The van der Waals surface area contributed by atoms with Crippen LogP contribution in [0, 0.1) is 0 Å². The highest BCUT2D eigenvalue weighted by Crippen LogP contribution is 2.38. The molecular weight excluding hydrogens is 496 g/mol. The van der Waals surface area contributed by atoms with Gasteiger partial charge in [0.15, 0.2) is 0 Å². The number of fused-ring (bicyclic) bond motifs is 1. The number of phenolic OH excluding ortho intramolecular Hbond substituents is 1. The average Bonchev–Trinajstić information content (AvgIpc) is 2.96. The molecule has 3 aromatic carbocycles. The number of hydrogen-bond acceptors (Lipinski definition) is 5. The van der Waals surface area contributed by atoms with Gasteiger partial charge in [0.05, 0.1) is 7.11 Å². The first-order valence-corrected chi connectivity index (χ1v) is 15.3. The zero-order valence-electron chi connectivity index (χ0n) is 24.2. The van der Waals surface area contributed by atoms with Gasteiger partial charge in [-0.2, -0.15) is 0 Å². The fourth-order valence-electron chi connectivity index (χ4n) is 6.28. The van der Waals surface area contributed by atoms with E-state index in [0.29, 0.717) is 11.7 Å². The molecule has 5 rings (SSSR count). The van der Waals surface area contributed by atoms with Gasteiger partial charge in [0.2, 0.25) is 0 Å². The van der Waals surface area contributed by atoms with Gasteiger partial charge < -0.3 is 19.9 Å². The average molecular weight is 543 g/mol. The highest BCUT2D eigenvalue weighted by Gasteiger charge is 2.23. The number of likely N-dealkylation sites (tertiary alicyclic amines) is 1. The van der Waals surface area contributed by atoms with Crippen molar-refractivity contribution < 1.29 is 14.6 Å². The number of ether oxygens (including phenoxy) is 2. The number of aryl methyl sites for hydroxylation is 2. The van der Waals surface area contributed by atoms with Crippen molar-refractivity contribution in [3.63, 3.8) is 0 Å². The lowest BCUT2D eigenvalue weighted by Gasteiger charge is -2.27. The van der Waals surface area contributed by atoms with Crippen LogP contribution in [0.3, 0.4) is 0 Å². The van der Waals surface area contributed by atoms with Crippen molar-refractivity contribution in [2.24, 2.45) is 0 Å². The van der Waals surface area contributed by atoms with Crippen molar-refractivity contribution in [3.05, 3.63) is 82.9 Å². The van der Waals surface area contributed by atoms with Crippen molar-refractivity contribution in [2.45, 2.75) is 70.1 Å². The number of hydrogen-bond donors (Lipinski definition) is 2. The Hall–Kier alpha value is -3.18. The molecule has 1 heterocycles. The maximum atomic E-state index is 9.85. The Kier molecular flexibility index (Phi) is 10.2. The predicted octanol–water partition coefficient (Wildman–Crippen LogP) is 7.36. The number of nitrogens with zero attached hydrogens (tertiary/aromatic N) is 1. The van der Waals surface area contributed by atoms with Gasteiger partial charge in [0.25, 0.3) is 0 Å². The Morgan fingerprint density at radius 2 is 1.65 bits per heavy atom. The normalized spacial score (nSPS) is 17.9. The van der Waals surface area contributed by atoms with Crippen molar-refractivity contribution >= 4 is 5.69 Å². The third-order valence-corrected chi connectivity index (χ3v) is 8.62. The van der Waals surface area contributed by atoms with Crippen molar-refractivity contribution in [3.8, 4) is 17.2 Å². The Balaban J connectivity index is 1.09. The molecule has 0 bridgehead atoms. The van der Waals surface area contributed by atoms with Crippen LogP contribution in [0.2, 0.25) is 0 Å². The number of aromatic hydroxyl groups is 1. The number of methoxy groups -OCH3 is 1. The molecule has 0 radical (unpaired) electrons. The first-order valence-electron chi connectivity index (χ1n) is 15.3. The summed E-state index contributed by atoms with van der Waals surface area (Å²) in [5.74, 6) is 2.68. The smallest absolute Gasteiger partial charge is 0.120 e. The summed E-state index contributed by atoms with van der Waals surface area (Å²) < 4.78 is 11.6. The summed E-state index contributed by atoms with van der Waals surface area (Å²) in [4.78, 5) is 2.56. The van der Waals surface area contributed by atoms with E-state index in [1.54, 1.807) is 7.11 Å². The minimum absolute atomic E-state index is 0.365. The highest BCUT2D eigenvalue weighted by atomic mass is 16.5. The molecule has 1 aliphatic heterocycles. The molecule has 1 saturated heterocycles. The second-order valence-corrected chi connectivity index (χ2v) is 11.5. The van der Waals surface area contributed by atoms with Gasteiger partial charge in [0, 0.05) is 24.8 Å². The van der Waals surface area contributed by atoms with E-state index in [9.17, 15) is 5.11 Å². The lowest BCUT2D eigenvalue weighted by molar-refractivity contribution is 0.195. The number of benzene rings is 3. The van der Waals surface area contributed by atoms with E-state index in [2.05, 4.69) is 58.7 Å². The maximum absolute atomic E-state index is 9.85. The molecule has 0 aromatic heterocycles. The Bertz CT molecular complexity index is 1200. The molecule has 1 fully saturated rings. The largest absolute Gasteiger partial charge is 0.508 e. The van der Waals surface area contributed by atoms with E-state index in [1.807, 2.05) is 12.1 Å². The fourth-order valence-corrected chi connectivity index (χ4v) is 6.28. The van der Waals surface area contributed by atoms with E-state index in [4.69, 9.17) is 9.47 Å². The van der Waals surface area contributed by atoms with E-state index < -0.39 is 0 Å². The minimum atomic E-state index is 0.365. The second-order valence-electron chi connectivity index (χ2n) is 11.5. The number of phenols is 1. The van der Waals surface area contributed by atoms with Gasteiger partial charge in [0.1, 0.15) is 23.9 Å². The molecule has 1 unspecified atom stereocenters. The Morgan fingerprint density at radius 1 is 0.875 bits per heavy atom. The molecule has 5 heteroatoms. The van der Waals surface area contributed by atoms with Gasteiger partial charge in [-0.25, -0.2) is 0 Å². The quantitative estimate of drug-likeness (QED) is 0.248. The molecule has 2 N–H and O–H groups in total. The molecule has 0 amide bonds. The van der Waals surface area contributed by atoms with Gasteiger partial charge in [-0.15, -0.1) is 0 Å². The van der Waals surface area contributed by atoms with Gasteiger partial charge in [-0.05, 0) is 117 Å². The SMILES string of the molecule is COc1ccc(C2CCc3cc(O)ccc3C2)c(NCCCc2ccc(OCCN3CCCCCCC3)cc2)c1. The van der Waals surface area contributed by atoms with Crippen LogP contribution in [0.4, 0.5) is 5.69 Å².